The number of halogens is 1. The molecule has 1 amide bonds. The molecule has 0 aromatic heterocycles. The molecule has 0 heterocycles. The van der Waals surface area contributed by atoms with E-state index in [1.165, 1.54) is 0 Å². The number of benzene rings is 1. The molecule has 0 radical (unpaired) electrons. The first-order chi connectivity index (χ1) is 8.87. The summed E-state index contributed by atoms with van der Waals surface area (Å²) < 4.78 is 27.1. The highest BCUT2D eigenvalue weighted by atomic mass is 35.5. The smallest absolute Gasteiger partial charge is 0.223 e. The van der Waals surface area contributed by atoms with E-state index in [1.54, 1.807) is 24.3 Å². The van der Waals surface area contributed by atoms with Crippen molar-refractivity contribution < 1.29 is 17.9 Å². The molecule has 106 valence electrons. The molecule has 19 heavy (non-hydrogen) atoms. The molecule has 0 saturated carbocycles. The lowest BCUT2D eigenvalue weighted by molar-refractivity contribution is -0.121. The van der Waals surface area contributed by atoms with Crippen LogP contribution in [0, 0.1) is 0 Å². The molecule has 7 heteroatoms. The lowest BCUT2D eigenvalue weighted by Crippen LogP contribution is -2.29. The number of carbonyl (C=O) groups excluding carboxylic acids is 1. The van der Waals surface area contributed by atoms with Gasteiger partial charge in [0.25, 0.3) is 0 Å². The molecule has 1 N–H and O–H groups in total. The summed E-state index contributed by atoms with van der Waals surface area (Å²) >= 11 is 5.78. The number of hydrogen-bond donors (Lipinski definition) is 1. The normalized spacial score (nSPS) is 11.1. The van der Waals surface area contributed by atoms with Crippen molar-refractivity contribution in [3.05, 3.63) is 29.3 Å². The molecule has 0 fully saturated rings. The van der Waals surface area contributed by atoms with E-state index >= 15 is 0 Å². The molecular weight excluding hydrogens is 290 g/mol. The Labute approximate surface area is 117 Å². The van der Waals surface area contributed by atoms with E-state index in [4.69, 9.17) is 16.3 Å². The van der Waals surface area contributed by atoms with Gasteiger partial charge < -0.3 is 10.1 Å². The Kier molecular flexibility index (Phi) is 6.11. The molecule has 0 bridgehead atoms. The van der Waals surface area contributed by atoms with Gasteiger partial charge in [0.05, 0.1) is 18.8 Å². The van der Waals surface area contributed by atoms with Crippen LogP contribution in [0.25, 0.3) is 0 Å². The van der Waals surface area contributed by atoms with E-state index < -0.39 is 9.84 Å². The van der Waals surface area contributed by atoms with Crippen molar-refractivity contribution in [3.8, 4) is 5.75 Å². The number of rotatable bonds is 7. The summed E-state index contributed by atoms with van der Waals surface area (Å²) in [5.74, 6) is 0.288. The van der Waals surface area contributed by atoms with Crippen molar-refractivity contribution in [1.82, 2.24) is 5.32 Å². The highest BCUT2D eigenvalue weighted by Gasteiger charge is 2.05. The van der Waals surface area contributed by atoms with Gasteiger partial charge in [0, 0.05) is 17.8 Å². The standard InChI is InChI=1S/C12H16ClNO4S/c1-19(16,17)8-6-14-12(15)5-7-18-11-4-2-3-10(13)9-11/h2-4,9H,5-8H2,1H3,(H,14,15). The van der Waals surface area contributed by atoms with Gasteiger partial charge in [-0.15, -0.1) is 0 Å². The number of sulfone groups is 1. The van der Waals surface area contributed by atoms with Crippen LogP contribution in [-0.4, -0.2) is 39.5 Å². The maximum atomic E-state index is 11.4. The van der Waals surface area contributed by atoms with Crippen LogP contribution in [-0.2, 0) is 14.6 Å². The summed E-state index contributed by atoms with van der Waals surface area (Å²) in [6, 6.07) is 6.88. The predicted molar refractivity (Wildman–Crippen MR) is 74.3 cm³/mol. The largest absolute Gasteiger partial charge is 0.493 e. The number of hydrogen-bond acceptors (Lipinski definition) is 4. The average Bonchev–Trinajstić information content (AvgIpc) is 2.27. The van der Waals surface area contributed by atoms with E-state index in [1.807, 2.05) is 0 Å². The minimum atomic E-state index is -3.05. The first kappa shape index (κ1) is 15.8. The van der Waals surface area contributed by atoms with Gasteiger partial charge in [0.2, 0.25) is 5.91 Å². The summed E-state index contributed by atoms with van der Waals surface area (Å²) in [4.78, 5) is 11.4. The predicted octanol–water partition coefficient (Wildman–Crippen LogP) is 1.27. The second-order valence-corrected chi connectivity index (χ2v) is 6.73. The van der Waals surface area contributed by atoms with Gasteiger partial charge in [-0.2, -0.15) is 0 Å². The molecule has 5 nitrogen and oxygen atoms in total. The molecule has 1 aromatic carbocycles. The topological polar surface area (TPSA) is 72.5 Å². The minimum Gasteiger partial charge on any atom is -0.493 e. The second-order valence-electron chi connectivity index (χ2n) is 4.04. The van der Waals surface area contributed by atoms with Crippen molar-refractivity contribution in [2.75, 3.05) is 25.2 Å². The van der Waals surface area contributed by atoms with Crippen LogP contribution in [0.1, 0.15) is 6.42 Å². The van der Waals surface area contributed by atoms with Crippen molar-refractivity contribution in [2.45, 2.75) is 6.42 Å². The van der Waals surface area contributed by atoms with Crippen LogP contribution in [0.4, 0.5) is 0 Å². The van der Waals surface area contributed by atoms with Crippen molar-refractivity contribution in [2.24, 2.45) is 0 Å². The summed E-state index contributed by atoms with van der Waals surface area (Å²) in [6.07, 6.45) is 1.29. The van der Waals surface area contributed by atoms with Crippen molar-refractivity contribution >= 4 is 27.3 Å². The molecule has 0 atom stereocenters. The third-order valence-corrected chi connectivity index (χ3v) is 3.37. The van der Waals surface area contributed by atoms with Gasteiger partial charge in [-0.25, -0.2) is 8.42 Å². The van der Waals surface area contributed by atoms with Crippen LogP contribution in [0.15, 0.2) is 24.3 Å². The van der Waals surface area contributed by atoms with Crippen LogP contribution in [0.3, 0.4) is 0 Å². The van der Waals surface area contributed by atoms with Crippen molar-refractivity contribution in [3.63, 3.8) is 0 Å². The molecule has 0 aliphatic heterocycles. The van der Waals surface area contributed by atoms with Gasteiger partial charge in [-0.1, -0.05) is 17.7 Å². The van der Waals surface area contributed by atoms with Crippen LogP contribution in [0.5, 0.6) is 5.75 Å². The summed E-state index contributed by atoms with van der Waals surface area (Å²) in [5, 5.41) is 3.08. The fourth-order valence-corrected chi connectivity index (χ4v) is 1.94. The van der Waals surface area contributed by atoms with Gasteiger partial charge in [0.1, 0.15) is 15.6 Å². The molecular formula is C12H16ClNO4S. The third kappa shape index (κ3) is 7.69. The van der Waals surface area contributed by atoms with Crippen LogP contribution in [0.2, 0.25) is 5.02 Å². The Morgan fingerprint density at radius 3 is 2.79 bits per heavy atom. The first-order valence-electron chi connectivity index (χ1n) is 5.69. The van der Waals surface area contributed by atoms with Crippen molar-refractivity contribution in [1.29, 1.82) is 0 Å². The van der Waals surface area contributed by atoms with E-state index in [2.05, 4.69) is 5.32 Å². The van der Waals surface area contributed by atoms with E-state index in [0.717, 1.165) is 6.26 Å². The maximum Gasteiger partial charge on any atom is 0.223 e. The fraction of sp³-hybridized carbons (Fsp3) is 0.417. The Morgan fingerprint density at radius 1 is 1.42 bits per heavy atom. The molecule has 0 aliphatic rings. The van der Waals surface area contributed by atoms with Gasteiger partial charge in [-0.05, 0) is 18.2 Å². The van der Waals surface area contributed by atoms with Gasteiger partial charge >= 0.3 is 0 Å². The van der Waals surface area contributed by atoms with E-state index in [0.29, 0.717) is 10.8 Å². The zero-order valence-corrected chi connectivity index (χ0v) is 12.1. The Bertz CT molecular complexity index is 530. The summed E-state index contributed by atoms with van der Waals surface area (Å²) in [7, 11) is -3.05. The van der Waals surface area contributed by atoms with Gasteiger partial charge in [-0.3, -0.25) is 4.79 Å². The lowest BCUT2D eigenvalue weighted by atomic mass is 10.3. The second kappa shape index (κ2) is 7.35. The first-order valence-corrected chi connectivity index (χ1v) is 8.13. The molecule has 0 aliphatic carbocycles. The molecule has 1 rings (SSSR count). The number of nitrogens with one attached hydrogen (secondary N) is 1. The number of amides is 1. The molecule has 1 aromatic rings. The maximum absolute atomic E-state index is 11.4. The quantitative estimate of drug-likeness (QED) is 0.823. The Hall–Kier alpha value is -1.27. The van der Waals surface area contributed by atoms with E-state index in [9.17, 15) is 13.2 Å². The van der Waals surface area contributed by atoms with Crippen LogP contribution < -0.4 is 10.1 Å². The lowest BCUT2D eigenvalue weighted by Gasteiger charge is -2.07. The van der Waals surface area contributed by atoms with E-state index in [-0.39, 0.29) is 31.2 Å². The molecule has 0 spiro atoms. The summed E-state index contributed by atoms with van der Waals surface area (Å²) in [5.41, 5.74) is 0. The molecule has 0 unspecified atom stereocenters. The number of carbonyl (C=O) groups is 1. The summed E-state index contributed by atoms with van der Waals surface area (Å²) in [6.45, 7) is 0.333. The highest BCUT2D eigenvalue weighted by molar-refractivity contribution is 7.90. The Morgan fingerprint density at radius 2 is 2.16 bits per heavy atom. The Balaban J connectivity index is 2.20. The molecule has 0 saturated heterocycles. The SMILES string of the molecule is CS(=O)(=O)CCNC(=O)CCOc1cccc(Cl)c1. The fourth-order valence-electron chi connectivity index (χ4n) is 1.28. The zero-order valence-electron chi connectivity index (χ0n) is 10.6. The van der Waals surface area contributed by atoms with Crippen LogP contribution >= 0.6 is 11.6 Å². The zero-order chi connectivity index (χ0) is 14.3. The number of ether oxygens (including phenoxy) is 1. The highest BCUT2D eigenvalue weighted by Crippen LogP contribution is 2.16. The third-order valence-electron chi connectivity index (χ3n) is 2.19. The minimum absolute atomic E-state index is 0.0616. The van der Waals surface area contributed by atoms with Gasteiger partial charge in [0.15, 0.2) is 0 Å². The monoisotopic (exact) mass is 305 g/mol. The average molecular weight is 306 g/mol.